The van der Waals surface area contributed by atoms with E-state index in [1.807, 2.05) is 17.1 Å². The molecule has 8 heteroatoms. The van der Waals surface area contributed by atoms with Crippen LogP contribution in [0.3, 0.4) is 0 Å². The van der Waals surface area contributed by atoms with Gasteiger partial charge in [0.25, 0.3) is 0 Å². The highest BCUT2D eigenvalue weighted by Crippen LogP contribution is 2.39. The van der Waals surface area contributed by atoms with Crippen molar-refractivity contribution >= 4 is 21.6 Å². The lowest BCUT2D eigenvalue weighted by Gasteiger charge is -2.23. The highest BCUT2D eigenvalue weighted by atomic mass is 32.1. The van der Waals surface area contributed by atoms with Crippen LogP contribution in [0.25, 0.3) is 37.9 Å². The number of rotatable bonds is 5. The summed E-state index contributed by atoms with van der Waals surface area (Å²) in [5.74, 6) is 1.40. The second kappa shape index (κ2) is 7.77. The SMILES string of the molecule is c1cn(-c2ccc(-c3cc4sc(-c5nn[nH]n5)cc4n3CC3CCCCC3)cc2)cn1. The minimum absolute atomic E-state index is 0.664. The molecule has 1 aliphatic carbocycles. The number of H-pyrrole nitrogens is 1. The van der Waals surface area contributed by atoms with Gasteiger partial charge in [0.05, 0.1) is 21.4 Å². The standard InChI is InChI=1S/C23H23N7S/c1-2-4-16(5-3-1)14-30-19(17-6-8-18(9-7-17)29-11-10-24-15-29)12-21-20(30)13-22(31-21)23-25-27-28-26-23/h6-13,15-16H,1-5,14H2,(H,25,26,27,28). The molecule has 1 N–H and O–H groups in total. The van der Waals surface area contributed by atoms with Crippen molar-refractivity contribution in [1.82, 2.24) is 34.7 Å². The summed E-state index contributed by atoms with van der Waals surface area (Å²) in [5, 5.41) is 14.6. The van der Waals surface area contributed by atoms with E-state index in [1.54, 1.807) is 17.5 Å². The summed E-state index contributed by atoms with van der Waals surface area (Å²) >= 11 is 1.73. The molecule has 0 atom stereocenters. The fourth-order valence-electron chi connectivity index (χ4n) is 4.70. The lowest BCUT2D eigenvalue weighted by Crippen LogP contribution is -2.14. The van der Waals surface area contributed by atoms with Gasteiger partial charge in [0.15, 0.2) is 0 Å². The summed E-state index contributed by atoms with van der Waals surface area (Å²) in [6.07, 6.45) is 12.3. The molecule has 6 rings (SSSR count). The van der Waals surface area contributed by atoms with Crippen LogP contribution in [0.5, 0.6) is 0 Å². The van der Waals surface area contributed by atoms with Crippen LogP contribution < -0.4 is 0 Å². The van der Waals surface area contributed by atoms with Crippen LogP contribution in [0.4, 0.5) is 0 Å². The molecule has 0 spiro atoms. The monoisotopic (exact) mass is 429 g/mol. The van der Waals surface area contributed by atoms with E-state index in [0.29, 0.717) is 5.82 Å². The second-order valence-corrected chi connectivity index (χ2v) is 9.34. The smallest absolute Gasteiger partial charge is 0.214 e. The van der Waals surface area contributed by atoms with E-state index in [9.17, 15) is 0 Å². The molecule has 1 saturated carbocycles. The largest absolute Gasteiger partial charge is 0.339 e. The van der Waals surface area contributed by atoms with E-state index >= 15 is 0 Å². The maximum Gasteiger partial charge on any atom is 0.214 e. The van der Waals surface area contributed by atoms with Crippen molar-refractivity contribution in [3.63, 3.8) is 0 Å². The van der Waals surface area contributed by atoms with Crippen molar-refractivity contribution < 1.29 is 0 Å². The third-order valence-corrected chi connectivity index (χ3v) is 7.35. The van der Waals surface area contributed by atoms with Crippen LogP contribution in [0, 0.1) is 5.92 Å². The van der Waals surface area contributed by atoms with Crippen molar-refractivity contribution in [1.29, 1.82) is 0 Å². The fourth-order valence-corrected chi connectivity index (χ4v) is 5.73. The molecule has 4 aromatic heterocycles. The zero-order chi connectivity index (χ0) is 20.6. The Morgan fingerprint density at radius 1 is 1.06 bits per heavy atom. The Morgan fingerprint density at radius 3 is 2.68 bits per heavy atom. The number of aromatic nitrogens is 7. The molecule has 1 aromatic carbocycles. The quantitative estimate of drug-likeness (QED) is 0.410. The van der Waals surface area contributed by atoms with E-state index in [2.05, 4.69) is 66.6 Å². The van der Waals surface area contributed by atoms with Crippen molar-refractivity contribution in [2.24, 2.45) is 5.92 Å². The van der Waals surface area contributed by atoms with Crippen LogP contribution in [0.1, 0.15) is 32.1 Å². The lowest BCUT2D eigenvalue weighted by molar-refractivity contribution is 0.323. The van der Waals surface area contributed by atoms with Gasteiger partial charge >= 0.3 is 0 Å². The fraction of sp³-hybridized carbons (Fsp3) is 0.304. The number of nitrogens with zero attached hydrogens (tertiary/aromatic N) is 6. The van der Waals surface area contributed by atoms with Gasteiger partial charge in [-0.2, -0.15) is 5.21 Å². The van der Waals surface area contributed by atoms with Gasteiger partial charge < -0.3 is 9.13 Å². The summed E-state index contributed by atoms with van der Waals surface area (Å²) < 4.78 is 5.81. The van der Waals surface area contributed by atoms with Gasteiger partial charge in [-0.05, 0) is 53.8 Å². The lowest BCUT2D eigenvalue weighted by atomic mass is 9.89. The van der Waals surface area contributed by atoms with Crippen LogP contribution in [-0.4, -0.2) is 34.7 Å². The van der Waals surface area contributed by atoms with Gasteiger partial charge in [-0.3, -0.25) is 0 Å². The molecule has 31 heavy (non-hydrogen) atoms. The normalized spacial score (nSPS) is 15.1. The molecule has 5 aromatic rings. The average Bonchev–Trinajstić information content (AvgIpc) is 3.60. The Hall–Kier alpha value is -3.26. The zero-order valence-electron chi connectivity index (χ0n) is 17.1. The molecule has 0 amide bonds. The van der Waals surface area contributed by atoms with Gasteiger partial charge in [0.1, 0.15) is 0 Å². The van der Waals surface area contributed by atoms with E-state index in [0.717, 1.165) is 23.0 Å². The van der Waals surface area contributed by atoms with Crippen LogP contribution >= 0.6 is 11.3 Å². The first-order chi connectivity index (χ1) is 15.3. The number of imidazole rings is 1. The highest BCUT2D eigenvalue weighted by molar-refractivity contribution is 7.22. The number of thiophene rings is 1. The third-order valence-electron chi connectivity index (χ3n) is 6.29. The van der Waals surface area contributed by atoms with Crippen molar-refractivity contribution in [3.8, 4) is 27.6 Å². The molecule has 0 saturated heterocycles. The summed E-state index contributed by atoms with van der Waals surface area (Å²) in [5.41, 5.74) is 4.91. The van der Waals surface area contributed by atoms with E-state index in [-0.39, 0.29) is 0 Å². The van der Waals surface area contributed by atoms with E-state index in [4.69, 9.17) is 0 Å². The molecule has 1 fully saturated rings. The maximum atomic E-state index is 4.17. The zero-order valence-corrected chi connectivity index (χ0v) is 17.9. The summed E-state index contributed by atoms with van der Waals surface area (Å²) in [6.45, 7) is 1.06. The number of hydrogen-bond donors (Lipinski definition) is 1. The van der Waals surface area contributed by atoms with Gasteiger partial charge in [-0.1, -0.05) is 31.4 Å². The Labute approximate surface area is 183 Å². The summed E-state index contributed by atoms with van der Waals surface area (Å²) in [4.78, 5) is 5.21. The molecule has 156 valence electrons. The van der Waals surface area contributed by atoms with Gasteiger partial charge in [-0.25, -0.2) is 4.98 Å². The predicted molar refractivity (Wildman–Crippen MR) is 122 cm³/mol. The minimum Gasteiger partial charge on any atom is -0.339 e. The average molecular weight is 430 g/mol. The Kier molecular flexibility index (Phi) is 4.64. The first-order valence-corrected chi connectivity index (χ1v) is 11.6. The minimum atomic E-state index is 0.664. The second-order valence-electron chi connectivity index (χ2n) is 8.26. The van der Waals surface area contributed by atoms with E-state index in [1.165, 1.54) is 53.6 Å². The molecule has 0 radical (unpaired) electrons. The van der Waals surface area contributed by atoms with Gasteiger partial charge in [0.2, 0.25) is 5.82 Å². The Balaban J connectivity index is 1.41. The summed E-state index contributed by atoms with van der Waals surface area (Å²) in [6, 6.07) is 13.3. The number of hydrogen-bond acceptors (Lipinski definition) is 5. The van der Waals surface area contributed by atoms with Crippen LogP contribution in [-0.2, 0) is 6.54 Å². The van der Waals surface area contributed by atoms with Crippen molar-refractivity contribution in [3.05, 3.63) is 55.1 Å². The molecule has 0 aliphatic heterocycles. The van der Waals surface area contributed by atoms with Crippen molar-refractivity contribution in [2.45, 2.75) is 38.6 Å². The topological polar surface area (TPSA) is 77.2 Å². The molecule has 0 bridgehead atoms. The number of aromatic amines is 1. The molecule has 0 unspecified atom stereocenters. The van der Waals surface area contributed by atoms with Crippen molar-refractivity contribution in [2.75, 3.05) is 0 Å². The van der Waals surface area contributed by atoms with Gasteiger partial charge in [-0.15, -0.1) is 21.5 Å². The molecule has 1 aliphatic rings. The van der Waals surface area contributed by atoms with Crippen LogP contribution in [0.2, 0.25) is 0 Å². The molecule has 4 heterocycles. The number of benzene rings is 1. The molecular weight excluding hydrogens is 406 g/mol. The number of fused-ring (bicyclic) bond motifs is 1. The predicted octanol–water partition coefficient (Wildman–Crippen LogP) is 5.32. The maximum absolute atomic E-state index is 4.17. The molecule has 7 nitrogen and oxygen atoms in total. The molecular formula is C23H23N7S. The number of tetrazole rings is 1. The first-order valence-electron chi connectivity index (χ1n) is 10.8. The first kappa shape index (κ1) is 18.5. The van der Waals surface area contributed by atoms with Gasteiger partial charge in [0, 0.05) is 30.3 Å². The van der Waals surface area contributed by atoms with Crippen LogP contribution in [0.15, 0.2) is 55.1 Å². The van der Waals surface area contributed by atoms with E-state index < -0.39 is 0 Å². The Morgan fingerprint density at radius 2 is 1.94 bits per heavy atom. The number of nitrogens with one attached hydrogen (secondary N) is 1. The summed E-state index contributed by atoms with van der Waals surface area (Å²) in [7, 11) is 0. The Bertz CT molecular complexity index is 1270. The third kappa shape index (κ3) is 3.46. The highest BCUT2D eigenvalue weighted by Gasteiger charge is 2.20.